The molecule has 1 aliphatic rings. The van der Waals surface area contributed by atoms with Gasteiger partial charge < -0.3 is 11.1 Å². The van der Waals surface area contributed by atoms with Gasteiger partial charge >= 0.3 is 0 Å². The topological polar surface area (TPSA) is 58.4 Å². The number of hydrogen-bond acceptors (Lipinski definition) is 3. The number of carbonyl (C=O) groups excluding carboxylic acids is 1. The van der Waals surface area contributed by atoms with E-state index in [0.29, 0.717) is 6.04 Å². The molecule has 2 unspecified atom stereocenters. The third kappa shape index (κ3) is 3.47. The number of piperidine rings is 1. The predicted molar refractivity (Wildman–Crippen MR) is 61.5 cm³/mol. The summed E-state index contributed by atoms with van der Waals surface area (Å²) in [5.74, 6) is -0.186. The van der Waals surface area contributed by atoms with Crippen LogP contribution in [0.4, 0.5) is 0 Å². The number of carbonyl (C=O) groups is 1. The number of nitrogens with two attached hydrogens (primary N) is 1. The van der Waals surface area contributed by atoms with Crippen LogP contribution in [0.1, 0.15) is 33.1 Å². The molecule has 3 N–H and O–H groups in total. The lowest BCUT2D eigenvalue weighted by Gasteiger charge is -2.36. The molecule has 0 bridgehead atoms. The van der Waals surface area contributed by atoms with Crippen molar-refractivity contribution in [1.82, 2.24) is 10.2 Å². The Morgan fingerprint density at radius 2 is 2.33 bits per heavy atom. The predicted octanol–water partition coefficient (Wildman–Crippen LogP) is 0.324. The fourth-order valence-corrected chi connectivity index (χ4v) is 2.38. The highest BCUT2D eigenvalue weighted by Gasteiger charge is 2.27. The molecule has 0 saturated carbocycles. The lowest BCUT2D eigenvalue weighted by atomic mass is 10.0. The van der Waals surface area contributed by atoms with E-state index in [0.717, 1.165) is 32.5 Å². The van der Waals surface area contributed by atoms with E-state index in [-0.39, 0.29) is 11.9 Å². The van der Waals surface area contributed by atoms with Crippen LogP contribution in [0, 0.1) is 0 Å². The van der Waals surface area contributed by atoms with Crippen LogP contribution in [0.25, 0.3) is 0 Å². The third-order valence-electron chi connectivity index (χ3n) is 3.10. The molecule has 1 heterocycles. The van der Waals surface area contributed by atoms with Gasteiger partial charge in [0.1, 0.15) is 0 Å². The smallest absolute Gasteiger partial charge is 0.234 e. The molecule has 4 heteroatoms. The van der Waals surface area contributed by atoms with Crippen LogP contribution < -0.4 is 11.1 Å². The molecule has 1 saturated heterocycles. The first-order valence-electron chi connectivity index (χ1n) is 5.95. The maximum Gasteiger partial charge on any atom is 0.234 e. The molecular weight excluding hydrogens is 190 g/mol. The van der Waals surface area contributed by atoms with Crippen LogP contribution in [0.15, 0.2) is 0 Å². The number of nitrogens with zero attached hydrogens (tertiary/aromatic N) is 1. The van der Waals surface area contributed by atoms with E-state index in [1.165, 1.54) is 6.42 Å². The van der Waals surface area contributed by atoms with Crippen LogP contribution in [0.5, 0.6) is 0 Å². The summed E-state index contributed by atoms with van der Waals surface area (Å²) in [5.41, 5.74) is 5.40. The molecule has 1 fully saturated rings. The molecule has 0 aliphatic carbocycles. The Bertz CT molecular complexity index is 206. The molecule has 0 aromatic heterocycles. The maximum atomic E-state index is 11.3. The average molecular weight is 213 g/mol. The lowest BCUT2D eigenvalue weighted by molar-refractivity contribution is -0.123. The maximum absolute atomic E-state index is 11.3. The van der Waals surface area contributed by atoms with Crippen molar-refractivity contribution in [3.63, 3.8) is 0 Å². The highest BCUT2D eigenvalue weighted by molar-refractivity contribution is 5.79. The number of rotatable bonds is 5. The van der Waals surface area contributed by atoms with Crippen molar-refractivity contribution in [1.29, 1.82) is 0 Å². The molecule has 88 valence electrons. The summed E-state index contributed by atoms with van der Waals surface area (Å²) in [6, 6.07) is 0.448. The highest BCUT2D eigenvalue weighted by atomic mass is 16.1. The highest BCUT2D eigenvalue weighted by Crippen LogP contribution is 2.14. The van der Waals surface area contributed by atoms with Gasteiger partial charge in [-0.3, -0.25) is 9.69 Å². The molecule has 4 nitrogen and oxygen atoms in total. The SMILES string of the molecule is CCNC1CCCN(C(CC)C(N)=O)C1. The molecule has 0 aromatic rings. The van der Waals surface area contributed by atoms with Gasteiger partial charge in [0.05, 0.1) is 6.04 Å². The van der Waals surface area contributed by atoms with Gasteiger partial charge in [-0.1, -0.05) is 13.8 Å². The van der Waals surface area contributed by atoms with Crippen LogP contribution in [0.3, 0.4) is 0 Å². The zero-order valence-corrected chi connectivity index (χ0v) is 9.83. The van der Waals surface area contributed by atoms with E-state index < -0.39 is 0 Å². The summed E-state index contributed by atoms with van der Waals surface area (Å²) in [6.45, 7) is 7.08. The molecule has 2 atom stereocenters. The van der Waals surface area contributed by atoms with E-state index in [2.05, 4.69) is 17.1 Å². The first-order chi connectivity index (χ1) is 7.19. The van der Waals surface area contributed by atoms with Gasteiger partial charge in [-0.05, 0) is 32.4 Å². The number of likely N-dealkylation sites (N-methyl/N-ethyl adjacent to an activating group) is 1. The Balaban J connectivity index is 2.50. The van der Waals surface area contributed by atoms with Crippen LogP contribution >= 0.6 is 0 Å². The van der Waals surface area contributed by atoms with E-state index in [1.807, 2.05) is 6.92 Å². The molecule has 0 spiro atoms. The number of nitrogens with one attached hydrogen (secondary N) is 1. The minimum Gasteiger partial charge on any atom is -0.368 e. The average Bonchev–Trinajstić information content (AvgIpc) is 2.19. The van der Waals surface area contributed by atoms with Crippen LogP contribution in [-0.4, -0.2) is 42.5 Å². The molecule has 1 amide bonds. The summed E-state index contributed by atoms with van der Waals surface area (Å²) in [5, 5.41) is 3.44. The normalized spacial score (nSPS) is 25.1. The quantitative estimate of drug-likeness (QED) is 0.691. The number of likely N-dealkylation sites (tertiary alicyclic amines) is 1. The van der Waals surface area contributed by atoms with Crippen molar-refractivity contribution in [3.05, 3.63) is 0 Å². The molecule has 1 rings (SSSR count). The molecule has 0 aromatic carbocycles. The van der Waals surface area contributed by atoms with Gasteiger partial charge in [0.2, 0.25) is 5.91 Å². The van der Waals surface area contributed by atoms with E-state index >= 15 is 0 Å². The molecule has 15 heavy (non-hydrogen) atoms. The van der Waals surface area contributed by atoms with Crippen LogP contribution in [0.2, 0.25) is 0 Å². The lowest BCUT2D eigenvalue weighted by Crippen LogP contribution is -2.53. The van der Waals surface area contributed by atoms with Crippen molar-refractivity contribution >= 4 is 5.91 Å². The van der Waals surface area contributed by atoms with Crippen molar-refractivity contribution < 1.29 is 4.79 Å². The molecule has 0 radical (unpaired) electrons. The van der Waals surface area contributed by atoms with E-state index in [1.54, 1.807) is 0 Å². The van der Waals surface area contributed by atoms with Crippen molar-refractivity contribution in [2.45, 2.75) is 45.2 Å². The Morgan fingerprint density at radius 3 is 2.87 bits per heavy atom. The number of primary amides is 1. The van der Waals surface area contributed by atoms with E-state index in [4.69, 9.17) is 5.73 Å². The monoisotopic (exact) mass is 213 g/mol. The second kappa shape index (κ2) is 6.08. The summed E-state index contributed by atoms with van der Waals surface area (Å²) >= 11 is 0. The van der Waals surface area contributed by atoms with E-state index in [9.17, 15) is 4.79 Å². The van der Waals surface area contributed by atoms with Crippen LogP contribution in [-0.2, 0) is 4.79 Å². The minimum absolute atomic E-state index is 0.0774. The molecule has 1 aliphatic heterocycles. The number of amides is 1. The Kier molecular flexibility index (Phi) is 5.05. The largest absolute Gasteiger partial charge is 0.368 e. The standard InChI is InChI=1S/C11H23N3O/c1-3-10(11(12)15)14-7-5-6-9(8-14)13-4-2/h9-10,13H,3-8H2,1-2H3,(H2,12,15). The first-order valence-corrected chi connectivity index (χ1v) is 5.95. The van der Waals surface area contributed by atoms with Gasteiger partial charge in [-0.2, -0.15) is 0 Å². The van der Waals surface area contributed by atoms with Gasteiger partial charge in [0.15, 0.2) is 0 Å². The van der Waals surface area contributed by atoms with Gasteiger partial charge in [0, 0.05) is 12.6 Å². The van der Waals surface area contributed by atoms with Gasteiger partial charge in [-0.15, -0.1) is 0 Å². The number of hydrogen-bond donors (Lipinski definition) is 2. The summed E-state index contributed by atoms with van der Waals surface area (Å²) < 4.78 is 0. The third-order valence-corrected chi connectivity index (χ3v) is 3.10. The summed E-state index contributed by atoms with van der Waals surface area (Å²) in [7, 11) is 0. The van der Waals surface area contributed by atoms with Gasteiger partial charge in [-0.25, -0.2) is 0 Å². The second-order valence-corrected chi connectivity index (χ2v) is 4.22. The van der Waals surface area contributed by atoms with Gasteiger partial charge in [0.25, 0.3) is 0 Å². The first kappa shape index (κ1) is 12.5. The zero-order valence-electron chi connectivity index (χ0n) is 9.83. The Morgan fingerprint density at radius 1 is 1.60 bits per heavy atom. The Hall–Kier alpha value is -0.610. The summed E-state index contributed by atoms with van der Waals surface area (Å²) in [6.07, 6.45) is 3.18. The van der Waals surface area contributed by atoms with Crippen molar-refractivity contribution in [3.8, 4) is 0 Å². The summed E-state index contributed by atoms with van der Waals surface area (Å²) in [4.78, 5) is 13.5. The minimum atomic E-state index is -0.186. The zero-order chi connectivity index (χ0) is 11.3. The second-order valence-electron chi connectivity index (χ2n) is 4.22. The Labute approximate surface area is 92.2 Å². The fraction of sp³-hybridized carbons (Fsp3) is 0.909. The van der Waals surface area contributed by atoms with Crippen molar-refractivity contribution in [2.24, 2.45) is 5.73 Å². The molecular formula is C11H23N3O. The van der Waals surface area contributed by atoms with Crippen molar-refractivity contribution in [2.75, 3.05) is 19.6 Å². The fourth-order valence-electron chi connectivity index (χ4n) is 2.38.